The highest BCUT2D eigenvalue weighted by molar-refractivity contribution is 7.15. The first-order valence-corrected chi connectivity index (χ1v) is 6.61. The fourth-order valence-corrected chi connectivity index (χ4v) is 2.31. The van der Waals surface area contributed by atoms with Gasteiger partial charge in [0.25, 0.3) is 5.91 Å². The van der Waals surface area contributed by atoms with Gasteiger partial charge in [-0.05, 0) is 17.5 Å². The van der Waals surface area contributed by atoms with Crippen molar-refractivity contribution in [2.24, 2.45) is 0 Å². The minimum atomic E-state index is -0.120. The number of carbonyl (C=O) groups excluding carboxylic acids is 1. The molecule has 1 amide bonds. The van der Waals surface area contributed by atoms with Gasteiger partial charge >= 0.3 is 0 Å². The summed E-state index contributed by atoms with van der Waals surface area (Å²) in [5, 5.41) is 3.47. The Kier molecular flexibility index (Phi) is 3.48. The molecule has 2 aromatic rings. The third-order valence-corrected chi connectivity index (χ3v) is 3.84. The second-order valence-electron chi connectivity index (χ2n) is 5.10. The highest BCUT2D eigenvalue weighted by Crippen LogP contribution is 2.30. The molecule has 0 saturated carbocycles. The molecule has 1 N–H and O–H groups in total. The smallest absolute Gasteiger partial charge is 0.257 e. The summed E-state index contributed by atoms with van der Waals surface area (Å²) in [6.07, 6.45) is 1.82. The van der Waals surface area contributed by atoms with E-state index in [4.69, 9.17) is 0 Å². The molecule has 4 heteroatoms. The van der Waals surface area contributed by atoms with Crippen molar-refractivity contribution in [2.75, 3.05) is 5.32 Å². The van der Waals surface area contributed by atoms with E-state index in [0.717, 1.165) is 4.88 Å². The standard InChI is InChI=1S/C14H16N2OS/c1-14(2,3)11-9-15-13(18-11)16-12(17)10-7-5-4-6-8-10/h4-9H,1-3H3,(H,15,16,17). The monoisotopic (exact) mass is 260 g/mol. The van der Waals surface area contributed by atoms with Gasteiger partial charge in [-0.1, -0.05) is 39.0 Å². The van der Waals surface area contributed by atoms with Crippen LogP contribution in [0.1, 0.15) is 36.0 Å². The Morgan fingerprint density at radius 1 is 1.22 bits per heavy atom. The molecule has 1 aromatic heterocycles. The molecule has 0 radical (unpaired) electrons. The summed E-state index contributed by atoms with van der Waals surface area (Å²) in [6.45, 7) is 6.38. The maximum atomic E-state index is 11.9. The number of nitrogens with zero attached hydrogens (tertiary/aromatic N) is 1. The average Bonchev–Trinajstić information content (AvgIpc) is 2.78. The summed E-state index contributed by atoms with van der Waals surface area (Å²) in [7, 11) is 0. The van der Waals surface area contributed by atoms with E-state index in [1.165, 1.54) is 11.3 Å². The molecule has 0 saturated heterocycles. The molecule has 0 aliphatic heterocycles. The number of rotatable bonds is 2. The number of carbonyl (C=O) groups is 1. The summed E-state index contributed by atoms with van der Waals surface area (Å²) in [6, 6.07) is 9.15. The van der Waals surface area contributed by atoms with Gasteiger partial charge in [-0.2, -0.15) is 0 Å². The zero-order valence-electron chi connectivity index (χ0n) is 10.7. The van der Waals surface area contributed by atoms with E-state index >= 15 is 0 Å². The number of amides is 1. The third kappa shape index (κ3) is 2.96. The van der Waals surface area contributed by atoms with Crippen LogP contribution in [0.25, 0.3) is 0 Å². The van der Waals surface area contributed by atoms with Crippen molar-refractivity contribution < 1.29 is 4.79 Å². The predicted molar refractivity (Wildman–Crippen MR) is 75.2 cm³/mol. The van der Waals surface area contributed by atoms with Crippen LogP contribution in [0.4, 0.5) is 5.13 Å². The Morgan fingerprint density at radius 3 is 2.44 bits per heavy atom. The predicted octanol–water partition coefficient (Wildman–Crippen LogP) is 3.69. The summed E-state index contributed by atoms with van der Waals surface area (Å²) in [4.78, 5) is 17.3. The highest BCUT2D eigenvalue weighted by atomic mass is 32.1. The Balaban J connectivity index is 2.11. The lowest BCUT2D eigenvalue weighted by Gasteiger charge is -2.14. The number of hydrogen-bond donors (Lipinski definition) is 1. The van der Waals surface area contributed by atoms with Crippen LogP contribution < -0.4 is 5.32 Å². The number of anilines is 1. The molecule has 2 rings (SSSR count). The lowest BCUT2D eigenvalue weighted by Crippen LogP contribution is -2.11. The molecule has 0 aliphatic rings. The minimum absolute atomic E-state index is 0.0629. The van der Waals surface area contributed by atoms with Gasteiger partial charge in [0, 0.05) is 16.6 Å². The van der Waals surface area contributed by atoms with Gasteiger partial charge in [0.1, 0.15) is 0 Å². The molecular formula is C14H16N2OS. The molecular weight excluding hydrogens is 244 g/mol. The average molecular weight is 260 g/mol. The van der Waals surface area contributed by atoms with Gasteiger partial charge in [-0.3, -0.25) is 10.1 Å². The molecule has 1 heterocycles. The van der Waals surface area contributed by atoms with Crippen molar-refractivity contribution >= 4 is 22.4 Å². The van der Waals surface area contributed by atoms with Crippen LogP contribution in [-0.2, 0) is 5.41 Å². The first-order valence-electron chi connectivity index (χ1n) is 5.79. The van der Waals surface area contributed by atoms with Gasteiger partial charge in [-0.25, -0.2) is 4.98 Å². The van der Waals surface area contributed by atoms with E-state index < -0.39 is 0 Å². The van der Waals surface area contributed by atoms with Crippen LogP contribution >= 0.6 is 11.3 Å². The van der Waals surface area contributed by atoms with Crippen molar-refractivity contribution in [1.29, 1.82) is 0 Å². The molecule has 0 aliphatic carbocycles. The van der Waals surface area contributed by atoms with Gasteiger partial charge in [0.2, 0.25) is 0 Å². The van der Waals surface area contributed by atoms with Crippen molar-refractivity contribution in [3.05, 3.63) is 47.0 Å². The van der Waals surface area contributed by atoms with Crippen LogP contribution in [0.15, 0.2) is 36.5 Å². The van der Waals surface area contributed by atoms with Gasteiger partial charge in [0.15, 0.2) is 5.13 Å². The number of aromatic nitrogens is 1. The van der Waals surface area contributed by atoms with E-state index in [2.05, 4.69) is 31.1 Å². The molecule has 0 bridgehead atoms. The molecule has 0 atom stereocenters. The van der Waals surface area contributed by atoms with Crippen LogP contribution in [0.5, 0.6) is 0 Å². The van der Waals surface area contributed by atoms with Gasteiger partial charge < -0.3 is 0 Å². The fourth-order valence-electron chi connectivity index (χ4n) is 1.44. The number of benzene rings is 1. The molecule has 0 unspecified atom stereocenters. The maximum Gasteiger partial charge on any atom is 0.257 e. The van der Waals surface area contributed by atoms with E-state index in [-0.39, 0.29) is 11.3 Å². The maximum absolute atomic E-state index is 11.9. The minimum Gasteiger partial charge on any atom is -0.298 e. The van der Waals surface area contributed by atoms with E-state index in [9.17, 15) is 4.79 Å². The fraction of sp³-hybridized carbons (Fsp3) is 0.286. The number of hydrogen-bond acceptors (Lipinski definition) is 3. The Labute approximate surface area is 111 Å². The Hall–Kier alpha value is -1.68. The zero-order chi connectivity index (χ0) is 13.2. The normalized spacial score (nSPS) is 11.3. The van der Waals surface area contributed by atoms with Crippen molar-refractivity contribution in [3.8, 4) is 0 Å². The second-order valence-corrected chi connectivity index (χ2v) is 6.13. The molecule has 0 fully saturated rings. The molecule has 18 heavy (non-hydrogen) atoms. The van der Waals surface area contributed by atoms with Crippen molar-refractivity contribution in [1.82, 2.24) is 4.98 Å². The van der Waals surface area contributed by atoms with Crippen LogP contribution in [-0.4, -0.2) is 10.9 Å². The first-order chi connectivity index (χ1) is 8.47. The van der Waals surface area contributed by atoms with Gasteiger partial charge in [0.05, 0.1) is 0 Å². The molecule has 1 aromatic carbocycles. The largest absolute Gasteiger partial charge is 0.298 e. The van der Waals surface area contributed by atoms with Gasteiger partial charge in [-0.15, -0.1) is 11.3 Å². The SMILES string of the molecule is CC(C)(C)c1cnc(NC(=O)c2ccccc2)s1. The number of thiazole rings is 1. The van der Waals surface area contributed by atoms with E-state index in [1.807, 2.05) is 24.4 Å². The molecule has 94 valence electrons. The Morgan fingerprint density at radius 2 is 1.89 bits per heavy atom. The van der Waals surface area contributed by atoms with Crippen LogP contribution in [0.2, 0.25) is 0 Å². The molecule has 3 nitrogen and oxygen atoms in total. The first kappa shape index (κ1) is 12.8. The van der Waals surface area contributed by atoms with Crippen molar-refractivity contribution in [3.63, 3.8) is 0 Å². The topological polar surface area (TPSA) is 42.0 Å². The summed E-state index contributed by atoms with van der Waals surface area (Å²) >= 11 is 1.52. The quantitative estimate of drug-likeness (QED) is 0.894. The summed E-state index contributed by atoms with van der Waals surface area (Å²) in [5.74, 6) is -0.120. The summed E-state index contributed by atoms with van der Waals surface area (Å²) in [5.41, 5.74) is 0.706. The number of nitrogens with one attached hydrogen (secondary N) is 1. The Bertz CT molecular complexity index is 540. The van der Waals surface area contributed by atoms with Crippen molar-refractivity contribution in [2.45, 2.75) is 26.2 Å². The third-order valence-electron chi connectivity index (χ3n) is 2.50. The highest BCUT2D eigenvalue weighted by Gasteiger charge is 2.18. The molecule has 0 spiro atoms. The zero-order valence-corrected chi connectivity index (χ0v) is 11.5. The van der Waals surface area contributed by atoms with Crippen LogP contribution in [0.3, 0.4) is 0 Å². The second kappa shape index (κ2) is 4.90. The van der Waals surface area contributed by atoms with E-state index in [0.29, 0.717) is 10.7 Å². The van der Waals surface area contributed by atoms with Crippen LogP contribution in [0, 0.1) is 0 Å². The van der Waals surface area contributed by atoms with E-state index in [1.54, 1.807) is 12.1 Å². The summed E-state index contributed by atoms with van der Waals surface area (Å²) < 4.78 is 0. The lowest BCUT2D eigenvalue weighted by molar-refractivity contribution is 0.102. The lowest BCUT2D eigenvalue weighted by atomic mass is 9.96.